The third-order valence-corrected chi connectivity index (χ3v) is 8.49. The van der Waals surface area contributed by atoms with E-state index < -0.39 is 12.0 Å². The van der Waals surface area contributed by atoms with Crippen molar-refractivity contribution in [2.45, 2.75) is 38.8 Å². The molecule has 1 amide bonds. The maximum Gasteiger partial charge on any atom is 0.261 e. The lowest BCUT2D eigenvalue weighted by atomic mass is 9.99. The molecule has 0 saturated carbocycles. The molecule has 1 atom stereocenters. The summed E-state index contributed by atoms with van der Waals surface area (Å²) < 4.78 is 7.49. The number of carbonyl (C=O) groups is 1. The number of anilines is 2. The van der Waals surface area contributed by atoms with Gasteiger partial charge in [-0.1, -0.05) is 43.3 Å². The number of nitrogens with one attached hydrogen (secondary N) is 3. The van der Waals surface area contributed by atoms with E-state index >= 15 is 0 Å². The van der Waals surface area contributed by atoms with Gasteiger partial charge in [-0.3, -0.25) is 9.59 Å². The molecule has 11 heteroatoms. The van der Waals surface area contributed by atoms with Gasteiger partial charge in [-0.05, 0) is 60.1 Å². The number of nitrogens with two attached hydrogens (primary N) is 1. The smallest absolute Gasteiger partial charge is 0.261 e. The number of ether oxygens (including phenoxy) is 1. The number of benzene rings is 2. The molecule has 0 spiro atoms. The van der Waals surface area contributed by atoms with Gasteiger partial charge >= 0.3 is 0 Å². The fraction of sp³-hybridized carbons (Fsp3) is 0.297. The second-order valence-corrected chi connectivity index (χ2v) is 11.9. The van der Waals surface area contributed by atoms with Gasteiger partial charge in [0, 0.05) is 85.3 Å². The number of nitrogens with zero attached hydrogens (tertiary/aromatic N) is 2. The summed E-state index contributed by atoms with van der Waals surface area (Å²) in [6, 6.07) is 16.7. The van der Waals surface area contributed by atoms with Crippen molar-refractivity contribution in [3.05, 3.63) is 106 Å². The van der Waals surface area contributed by atoms with E-state index in [4.69, 9.17) is 21.0 Å². The van der Waals surface area contributed by atoms with Gasteiger partial charge < -0.3 is 41.3 Å². The van der Waals surface area contributed by atoms with Crippen LogP contribution in [-0.2, 0) is 17.7 Å². The number of aliphatic hydroxyl groups excluding tert-OH is 2. The Morgan fingerprint density at radius 1 is 1.10 bits per heavy atom. The van der Waals surface area contributed by atoms with Crippen LogP contribution in [0.3, 0.4) is 0 Å². The number of hydrogen-bond donors (Lipinski definition) is 6. The van der Waals surface area contributed by atoms with Crippen LogP contribution in [0.5, 0.6) is 0 Å². The number of aryl methyl sites for hydroxylation is 1. The minimum atomic E-state index is -0.924. The molecular weight excluding hydrogens is 608 g/mol. The standard InChI is InChI=1S/C37H42N6O5/c1-2-24-3-5-27(6-4-24)33-21-43(20-25-11-13-48-14-12-25)22-34(35(33)46)37(47)42-30-9-7-26(8-10-30)32-15-28(18-41-36(32)39)29(16-38)17-40-19-31(45)23-44/h3-10,15-18,21-22,25,31,38,40,44-45H,2,11-14,19-20,23H2,1H3,(H2,39,41)(H,42,47)/b29-17+,38-16?. The number of carbonyl (C=O) groups excluding carboxylic acids is 1. The van der Waals surface area contributed by atoms with Crippen LogP contribution in [0.4, 0.5) is 11.5 Å². The van der Waals surface area contributed by atoms with Gasteiger partial charge in [0.2, 0.25) is 5.43 Å². The van der Waals surface area contributed by atoms with E-state index in [2.05, 4.69) is 22.5 Å². The summed E-state index contributed by atoms with van der Waals surface area (Å²) in [5, 5.41) is 32.2. The molecule has 0 bridgehead atoms. The first-order valence-electron chi connectivity index (χ1n) is 16.1. The molecule has 1 aliphatic heterocycles. The predicted molar refractivity (Wildman–Crippen MR) is 189 cm³/mol. The van der Waals surface area contributed by atoms with Crippen molar-refractivity contribution in [1.29, 1.82) is 5.41 Å². The van der Waals surface area contributed by atoms with Crippen molar-refractivity contribution in [3.63, 3.8) is 0 Å². The van der Waals surface area contributed by atoms with Crippen molar-refractivity contribution in [2.24, 2.45) is 5.92 Å². The zero-order valence-corrected chi connectivity index (χ0v) is 27.0. The highest BCUT2D eigenvalue weighted by Gasteiger charge is 2.20. The minimum absolute atomic E-state index is 0.0652. The van der Waals surface area contributed by atoms with Gasteiger partial charge in [0.25, 0.3) is 5.91 Å². The zero-order chi connectivity index (χ0) is 34.0. The molecule has 4 aromatic rings. The van der Waals surface area contributed by atoms with Crippen molar-refractivity contribution in [2.75, 3.05) is 37.4 Å². The van der Waals surface area contributed by atoms with E-state index in [0.717, 1.165) is 36.6 Å². The lowest BCUT2D eigenvalue weighted by molar-refractivity contribution is 0.0612. The number of aromatic nitrogens is 2. The number of rotatable bonds is 13. The topological polar surface area (TPSA) is 176 Å². The van der Waals surface area contributed by atoms with Gasteiger partial charge in [-0.15, -0.1) is 0 Å². The van der Waals surface area contributed by atoms with E-state index in [1.807, 2.05) is 35.0 Å². The van der Waals surface area contributed by atoms with E-state index in [-0.39, 0.29) is 30.0 Å². The van der Waals surface area contributed by atoms with Gasteiger partial charge in [0.1, 0.15) is 11.4 Å². The third-order valence-electron chi connectivity index (χ3n) is 8.49. The highest BCUT2D eigenvalue weighted by atomic mass is 16.5. The summed E-state index contributed by atoms with van der Waals surface area (Å²) >= 11 is 0. The second-order valence-electron chi connectivity index (χ2n) is 11.9. The molecule has 1 unspecified atom stereocenters. The monoisotopic (exact) mass is 650 g/mol. The van der Waals surface area contributed by atoms with Gasteiger partial charge in [0.05, 0.1) is 12.7 Å². The highest BCUT2D eigenvalue weighted by molar-refractivity contribution is 6.08. The van der Waals surface area contributed by atoms with Gasteiger partial charge in [-0.2, -0.15) is 0 Å². The Morgan fingerprint density at radius 2 is 1.79 bits per heavy atom. The Balaban J connectivity index is 1.39. The number of allylic oxidation sites excluding steroid dienone is 1. The molecule has 2 aromatic heterocycles. The van der Waals surface area contributed by atoms with Crippen LogP contribution < -0.4 is 21.8 Å². The summed E-state index contributed by atoms with van der Waals surface area (Å²) in [4.78, 5) is 31.7. The van der Waals surface area contributed by atoms with Crippen LogP contribution in [-0.4, -0.2) is 64.4 Å². The van der Waals surface area contributed by atoms with Crippen LogP contribution in [0.25, 0.3) is 27.8 Å². The first kappa shape index (κ1) is 34.2. The quantitative estimate of drug-likeness (QED) is 0.116. The number of aliphatic hydroxyl groups is 2. The molecule has 2 aromatic carbocycles. The first-order valence-corrected chi connectivity index (χ1v) is 16.1. The fourth-order valence-electron chi connectivity index (χ4n) is 5.62. The van der Waals surface area contributed by atoms with Crippen molar-refractivity contribution in [3.8, 4) is 22.3 Å². The Hall–Kier alpha value is -5.10. The fourth-order valence-corrected chi connectivity index (χ4v) is 5.62. The normalized spacial score (nSPS) is 14.4. The predicted octanol–water partition coefficient (Wildman–Crippen LogP) is 4.33. The van der Waals surface area contributed by atoms with E-state index in [0.29, 0.717) is 53.6 Å². The van der Waals surface area contributed by atoms with Crippen LogP contribution >= 0.6 is 0 Å². The maximum absolute atomic E-state index is 13.7. The number of pyridine rings is 2. The molecule has 1 saturated heterocycles. The Morgan fingerprint density at radius 3 is 2.46 bits per heavy atom. The molecule has 0 aliphatic carbocycles. The second kappa shape index (κ2) is 16.1. The Bertz CT molecular complexity index is 1810. The lowest BCUT2D eigenvalue weighted by Crippen LogP contribution is -2.26. The molecular formula is C37H42N6O5. The average Bonchev–Trinajstić information content (AvgIpc) is 3.12. The summed E-state index contributed by atoms with van der Waals surface area (Å²) in [5.74, 6) is 0.183. The molecule has 1 aliphatic rings. The first-order chi connectivity index (χ1) is 23.3. The molecule has 3 heterocycles. The average molecular weight is 651 g/mol. The van der Waals surface area contributed by atoms with Crippen molar-refractivity contribution >= 4 is 29.2 Å². The maximum atomic E-state index is 13.7. The summed E-state index contributed by atoms with van der Waals surface area (Å²) in [6.07, 6.45) is 9.59. The molecule has 0 radical (unpaired) electrons. The summed E-state index contributed by atoms with van der Waals surface area (Å²) in [7, 11) is 0. The van der Waals surface area contributed by atoms with Crippen LogP contribution in [0.2, 0.25) is 0 Å². The van der Waals surface area contributed by atoms with Gasteiger partial charge in [0.15, 0.2) is 0 Å². The highest BCUT2D eigenvalue weighted by Crippen LogP contribution is 2.29. The Kier molecular flexibility index (Phi) is 11.5. The van der Waals surface area contributed by atoms with Gasteiger partial charge in [-0.25, -0.2) is 4.98 Å². The summed E-state index contributed by atoms with van der Waals surface area (Å²) in [6.45, 7) is 3.93. The molecule has 1 fully saturated rings. The zero-order valence-electron chi connectivity index (χ0n) is 27.0. The van der Waals surface area contributed by atoms with Crippen LogP contribution in [0.15, 0.2) is 84.2 Å². The molecule has 250 valence electrons. The van der Waals surface area contributed by atoms with E-state index in [1.165, 1.54) is 5.56 Å². The molecule has 7 N–H and O–H groups in total. The minimum Gasteiger partial charge on any atom is -0.394 e. The van der Waals surface area contributed by atoms with E-state index in [9.17, 15) is 14.7 Å². The van der Waals surface area contributed by atoms with Crippen molar-refractivity contribution in [1.82, 2.24) is 14.9 Å². The van der Waals surface area contributed by atoms with E-state index in [1.54, 1.807) is 48.9 Å². The molecule has 11 nitrogen and oxygen atoms in total. The number of hydrogen-bond acceptors (Lipinski definition) is 9. The Labute approximate surface area is 279 Å². The SMILES string of the molecule is CCc1ccc(-c2cn(CC3CCOCC3)cc(C(=O)Nc3ccc(-c4cc(/C(C=N)=C/NCC(O)CO)cnc4N)cc3)c2=O)cc1. The van der Waals surface area contributed by atoms with Crippen LogP contribution in [0, 0.1) is 11.3 Å². The largest absolute Gasteiger partial charge is 0.394 e. The van der Waals surface area contributed by atoms with Crippen molar-refractivity contribution < 1.29 is 19.7 Å². The molecule has 48 heavy (non-hydrogen) atoms. The number of nitrogen functional groups attached to an aromatic ring is 1. The number of amides is 1. The third kappa shape index (κ3) is 8.43. The summed E-state index contributed by atoms with van der Waals surface area (Å²) in [5.41, 5.74) is 11.4. The van der Waals surface area contributed by atoms with Crippen LogP contribution in [0.1, 0.15) is 41.3 Å². The lowest BCUT2D eigenvalue weighted by Gasteiger charge is -2.23. The molecule has 5 rings (SSSR count).